The van der Waals surface area contributed by atoms with Gasteiger partial charge in [0.2, 0.25) is 0 Å². The number of carbonyl (C=O) groups is 1. The Labute approximate surface area is 195 Å². The lowest BCUT2D eigenvalue weighted by Crippen LogP contribution is -2.70. The summed E-state index contributed by atoms with van der Waals surface area (Å²) in [6.07, 6.45) is -14.1. The topological polar surface area (TPSA) is 107 Å². The molecule has 196 valence electrons. The summed E-state index contributed by atoms with van der Waals surface area (Å²) < 4.78 is 127. The zero-order valence-electron chi connectivity index (χ0n) is 17.2. The van der Waals surface area contributed by atoms with Crippen LogP contribution in [0.1, 0.15) is 21.5 Å². The van der Waals surface area contributed by atoms with E-state index in [-0.39, 0.29) is 34.6 Å². The van der Waals surface area contributed by atoms with E-state index >= 15 is 0 Å². The molecule has 0 aliphatic rings. The lowest BCUT2D eigenvalue weighted by molar-refractivity contribution is -0.497. The number of rotatable bonds is 8. The van der Waals surface area contributed by atoms with Gasteiger partial charge in [-0.3, -0.25) is 4.79 Å². The smallest absolute Gasteiger partial charge is 0.435 e. The minimum atomic E-state index is -6.54. The molecule has 0 saturated heterocycles. The summed E-state index contributed by atoms with van der Waals surface area (Å²) in [5.74, 6) is -2.59. The number of quaternary nitrogens is 1. The SMILES string of the molecule is COc1c([NH2+][O-])cccc1C(=O)Cc1c(Cl)cc(C(F)(C(F)(F)F)C(F)(F)F)cc1OC(F)F.O. The van der Waals surface area contributed by atoms with Crippen LogP contribution in [-0.4, -0.2) is 37.3 Å². The molecule has 0 aromatic heterocycles. The summed E-state index contributed by atoms with van der Waals surface area (Å²) in [6.45, 7) is -3.78. The van der Waals surface area contributed by atoms with E-state index in [0.29, 0.717) is 5.48 Å². The quantitative estimate of drug-likeness (QED) is 0.228. The highest BCUT2D eigenvalue weighted by Crippen LogP contribution is 2.54. The van der Waals surface area contributed by atoms with Gasteiger partial charge in [-0.2, -0.15) is 35.1 Å². The van der Waals surface area contributed by atoms with Crippen LogP contribution in [0.4, 0.5) is 45.2 Å². The van der Waals surface area contributed by atoms with E-state index in [1.165, 1.54) is 12.1 Å². The van der Waals surface area contributed by atoms with Gasteiger partial charge in [0.25, 0.3) is 0 Å². The minimum Gasteiger partial charge on any atom is -0.630 e. The van der Waals surface area contributed by atoms with Gasteiger partial charge in [-0.15, -0.1) is 0 Å². The highest BCUT2D eigenvalue weighted by molar-refractivity contribution is 6.32. The van der Waals surface area contributed by atoms with Crippen LogP contribution in [0.15, 0.2) is 30.3 Å². The maximum absolute atomic E-state index is 14.4. The second-order valence-corrected chi connectivity index (χ2v) is 7.02. The van der Waals surface area contributed by atoms with Crippen molar-refractivity contribution in [2.75, 3.05) is 7.11 Å². The molecule has 0 aliphatic heterocycles. The zero-order valence-corrected chi connectivity index (χ0v) is 17.9. The maximum atomic E-state index is 14.4. The molecule has 0 aliphatic carbocycles. The molecule has 16 heteroatoms. The molecule has 0 spiro atoms. The number of para-hydroxylation sites is 1. The van der Waals surface area contributed by atoms with E-state index in [2.05, 4.69) is 4.74 Å². The van der Waals surface area contributed by atoms with E-state index in [1.807, 2.05) is 0 Å². The first-order chi connectivity index (χ1) is 15.6. The van der Waals surface area contributed by atoms with E-state index in [9.17, 15) is 49.5 Å². The molecule has 0 saturated carbocycles. The Morgan fingerprint density at radius 3 is 2.11 bits per heavy atom. The van der Waals surface area contributed by atoms with Crippen LogP contribution < -0.4 is 15.0 Å². The van der Waals surface area contributed by atoms with Crippen molar-refractivity contribution in [3.8, 4) is 11.5 Å². The average Bonchev–Trinajstić information content (AvgIpc) is 2.72. The van der Waals surface area contributed by atoms with Crippen molar-refractivity contribution < 1.29 is 64.7 Å². The van der Waals surface area contributed by atoms with E-state index in [4.69, 9.17) is 16.3 Å². The summed E-state index contributed by atoms with van der Waals surface area (Å²) in [6, 6.07) is 3.35. The highest BCUT2D eigenvalue weighted by atomic mass is 35.5. The first-order valence-corrected chi connectivity index (χ1v) is 9.21. The lowest BCUT2D eigenvalue weighted by Gasteiger charge is -2.31. The van der Waals surface area contributed by atoms with Crippen LogP contribution in [0.3, 0.4) is 0 Å². The molecule has 4 N–H and O–H groups in total. The maximum Gasteiger partial charge on any atom is 0.435 e. The van der Waals surface area contributed by atoms with Crippen molar-refractivity contribution in [2.45, 2.75) is 31.1 Å². The van der Waals surface area contributed by atoms with Crippen molar-refractivity contribution in [3.05, 3.63) is 57.3 Å². The van der Waals surface area contributed by atoms with Gasteiger partial charge in [0.15, 0.2) is 17.2 Å². The van der Waals surface area contributed by atoms with Gasteiger partial charge >= 0.3 is 24.6 Å². The van der Waals surface area contributed by atoms with Gasteiger partial charge in [-0.05, 0) is 18.2 Å². The number of ether oxygens (including phenoxy) is 2. The standard InChI is InChI=1S/C19H13ClF9NO4.H2O/c1-33-15-9(3-2-4-12(15)30-32)13(31)7-10-11(20)5-8(6-14(10)34-16(21)22)17(23,18(24,25)26)19(27,28)29;/h2-6,16H,7,30H2,1H3;1H2. The van der Waals surface area contributed by atoms with Crippen molar-refractivity contribution in [1.82, 2.24) is 0 Å². The molecular formula is C19H15ClF9NO5. The third-order valence-corrected chi connectivity index (χ3v) is 4.90. The number of benzene rings is 2. The Hall–Kier alpha value is -2.75. The van der Waals surface area contributed by atoms with Crippen molar-refractivity contribution >= 4 is 23.1 Å². The molecule has 0 bridgehead atoms. The molecule has 35 heavy (non-hydrogen) atoms. The largest absolute Gasteiger partial charge is 0.630 e. The number of ketones is 1. The Kier molecular flexibility index (Phi) is 9.42. The van der Waals surface area contributed by atoms with Crippen molar-refractivity contribution in [3.63, 3.8) is 0 Å². The van der Waals surface area contributed by atoms with Crippen LogP contribution in [-0.2, 0) is 12.1 Å². The summed E-state index contributed by atoms with van der Waals surface area (Å²) >= 11 is 5.72. The fraction of sp³-hybridized carbons (Fsp3) is 0.316. The highest BCUT2D eigenvalue weighted by Gasteiger charge is 2.73. The first-order valence-electron chi connectivity index (χ1n) is 8.83. The Morgan fingerprint density at radius 2 is 1.66 bits per heavy atom. The fourth-order valence-electron chi connectivity index (χ4n) is 3.02. The minimum absolute atomic E-state index is 0. The number of hydrogen-bond acceptors (Lipinski definition) is 4. The second-order valence-electron chi connectivity index (χ2n) is 6.61. The van der Waals surface area contributed by atoms with Crippen LogP contribution in [0, 0.1) is 5.21 Å². The summed E-state index contributed by atoms with van der Waals surface area (Å²) in [5, 5.41) is 10.0. The third-order valence-electron chi connectivity index (χ3n) is 4.56. The molecule has 0 unspecified atom stereocenters. The Morgan fingerprint density at radius 1 is 1.09 bits per heavy atom. The molecule has 2 rings (SSSR count). The lowest BCUT2D eigenvalue weighted by atomic mass is 9.91. The van der Waals surface area contributed by atoms with Gasteiger partial charge in [0.05, 0.1) is 12.7 Å². The predicted octanol–water partition coefficient (Wildman–Crippen LogP) is 4.53. The number of carbonyl (C=O) groups excluding carboxylic acids is 1. The summed E-state index contributed by atoms with van der Waals surface area (Å²) in [4.78, 5) is 12.7. The average molecular weight is 544 g/mol. The van der Waals surface area contributed by atoms with E-state index < -0.39 is 58.7 Å². The van der Waals surface area contributed by atoms with Crippen LogP contribution >= 0.6 is 11.6 Å². The Bertz CT molecular complexity index is 1050. The van der Waals surface area contributed by atoms with Gasteiger partial charge in [0.1, 0.15) is 5.75 Å². The molecule has 6 nitrogen and oxygen atoms in total. The van der Waals surface area contributed by atoms with E-state index in [1.54, 1.807) is 0 Å². The molecule has 0 amide bonds. The fourth-order valence-corrected chi connectivity index (χ4v) is 3.30. The molecular weight excluding hydrogens is 529 g/mol. The van der Waals surface area contributed by atoms with Gasteiger partial charge in [0, 0.05) is 28.6 Å². The normalized spacial score (nSPS) is 12.4. The first kappa shape index (κ1) is 30.3. The predicted molar refractivity (Wildman–Crippen MR) is 103 cm³/mol. The van der Waals surface area contributed by atoms with Crippen molar-refractivity contribution in [2.24, 2.45) is 0 Å². The number of alkyl halides is 9. The number of hydrogen-bond donors (Lipinski definition) is 1. The molecule has 0 radical (unpaired) electrons. The molecule has 2 aromatic rings. The molecule has 0 fully saturated rings. The number of Topliss-reactive ketones (excluding diaryl/α,β-unsaturated/α-hetero) is 1. The van der Waals surface area contributed by atoms with Gasteiger partial charge < -0.3 is 25.6 Å². The van der Waals surface area contributed by atoms with Gasteiger partial charge in [-0.25, -0.2) is 4.39 Å². The van der Waals surface area contributed by atoms with E-state index in [0.717, 1.165) is 13.2 Å². The molecule has 0 heterocycles. The molecule has 2 aromatic carbocycles. The third kappa shape index (κ3) is 5.91. The number of nitrogens with two attached hydrogens (primary N) is 1. The summed E-state index contributed by atoms with van der Waals surface area (Å²) in [5.41, 5.74) is -8.94. The van der Waals surface area contributed by atoms with Crippen LogP contribution in [0.5, 0.6) is 11.5 Å². The van der Waals surface area contributed by atoms with Crippen LogP contribution in [0.25, 0.3) is 0 Å². The van der Waals surface area contributed by atoms with Gasteiger partial charge in [-0.1, -0.05) is 17.7 Å². The second kappa shape index (κ2) is 10.9. The van der Waals surface area contributed by atoms with Crippen LogP contribution in [0.2, 0.25) is 5.02 Å². The number of halogens is 10. The molecule has 0 atom stereocenters. The van der Waals surface area contributed by atoms with Crippen molar-refractivity contribution in [1.29, 1.82) is 0 Å². The Balaban J connectivity index is 0.00000612. The number of methoxy groups -OCH3 is 1. The summed E-state index contributed by atoms with van der Waals surface area (Å²) in [7, 11) is 1.10. The monoisotopic (exact) mass is 543 g/mol. The zero-order chi connectivity index (χ0) is 26.1.